The molecule has 0 aliphatic rings. The SMILES string of the molecule is COc1ccc(-c2nnc(-c3ccc(C)cc3)n2-c2ccccc2)cc1. The van der Waals surface area contributed by atoms with Crippen molar-refractivity contribution in [2.45, 2.75) is 6.92 Å². The maximum absolute atomic E-state index is 5.26. The highest BCUT2D eigenvalue weighted by Gasteiger charge is 2.17. The summed E-state index contributed by atoms with van der Waals surface area (Å²) < 4.78 is 7.35. The van der Waals surface area contributed by atoms with Crippen LogP contribution in [-0.4, -0.2) is 21.9 Å². The van der Waals surface area contributed by atoms with Crippen molar-refractivity contribution in [2.24, 2.45) is 0 Å². The monoisotopic (exact) mass is 341 g/mol. The number of aryl methyl sites for hydroxylation is 1. The van der Waals surface area contributed by atoms with Crippen molar-refractivity contribution in [1.82, 2.24) is 14.8 Å². The molecule has 0 amide bonds. The quantitative estimate of drug-likeness (QED) is 0.529. The minimum absolute atomic E-state index is 0.800. The van der Waals surface area contributed by atoms with Crippen molar-refractivity contribution in [3.8, 4) is 34.2 Å². The van der Waals surface area contributed by atoms with Gasteiger partial charge in [0.05, 0.1) is 7.11 Å². The molecular formula is C22H19N3O. The zero-order valence-corrected chi connectivity index (χ0v) is 14.8. The Morgan fingerprint density at radius 3 is 1.77 bits per heavy atom. The first-order valence-corrected chi connectivity index (χ1v) is 8.48. The number of aromatic nitrogens is 3. The molecule has 0 atom stereocenters. The van der Waals surface area contributed by atoms with E-state index in [-0.39, 0.29) is 0 Å². The van der Waals surface area contributed by atoms with E-state index in [1.807, 2.05) is 42.5 Å². The Morgan fingerprint density at radius 1 is 0.692 bits per heavy atom. The van der Waals surface area contributed by atoms with Gasteiger partial charge in [-0.3, -0.25) is 4.57 Å². The van der Waals surface area contributed by atoms with Crippen molar-refractivity contribution >= 4 is 0 Å². The minimum atomic E-state index is 0.800. The molecule has 128 valence electrons. The van der Waals surface area contributed by atoms with Gasteiger partial charge in [0.25, 0.3) is 0 Å². The molecule has 4 nitrogen and oxygen atoms in total. The molecule has 1 aromatic heterocycles. The summed E-state index contributed by atoms with van der Waals surface area (Å²) >= 11 is 0. The summed E-state index contributed by atoms with van der Waals surface area (Å²) in [4.78, 5) is 0. The molecule has 0 spiro atoms. The van der Waals surface area contributed by atoms with Crippen LogP contribution in [0.5, 0.6) is 5.75 Å². The molecule has 0 N–H and O–H groups in total. The fourth-order valence-electron chi connectivity index (χ4n) is 2.92. The number of para-hydroxylation sites is 1. The zero-order valence-electron chi connectivity index (χ0n) is 14.8. The molecule has 26 heavy (non-hydrogen) atoms. The fraction of sp³-hybridized carbons (Fsp3) is 0.0909. The van der Waals surface area contributed by atoms with E-state index in [0.717, 1.165) is 34.2 Å². The second-order valence-electron chi connectivity index (χ2n) is 6.11. The number of methoxy groups -OCH3 is 1. The lowest BCUT2D eigenvalue weighted by atomic mass is 10.1. The van der Waals surface area contributed by atoms with Crippen molar-refractivity contribution in [3.05, 3.63) is 84.4 Å². The van der Waals surface area contributed by atoms with E-state index in [1.165, 1.54) is 5.56 Å². The Balaban J connectivity index is 1.90. The highest BCUT2D eigenvalue weighted by Crippen LogP contribution is 2.29. The van der Waals surface area contributed by atoms with Gasteiger partial charge in [-0.15, -0.1) is 10.2 Å². The number of nitrogens with zero attached hydrogens (tertiary/aromatic N) is 3. The third kappa shape index (κ3) is 2.97. The molecule has 0 aliphatic carbocycles. The van der Waals surface area contributed by atoms with Gasteiger partial charge in [-0.2, -0.15) is 0 Å². The fourth-order valence-corrected chi connectivity index (χ4v) is 2.92. The molecule has 0 saturated heterocycles. The molecule has 4 heteroatoms. The summed E-state index contributed by atoms with van der Waals surface area (Å²) in [5.74, 6) is 2.44. The van der Waals surface area contributed by atoms with Crippen molar-refractivity contribution in [3.63, 3.8) is 0 Å². The van der Waals surface area contributed by atoms with E-state index in [0.29, 0.717) is 0 Å². The van der Waals surface area contributed by atoms with Gasteiger partial charge in [0, 0.05) is 16.8 Å². The van der Waals surface area contributed by atoms with Gasteiger partial charge in [-0.05, 0) is 43.3 Å². The molecule has 1 heterocycles. The summed E-state index contributed by atoms with van der Waals surface area (Å²) in [6.07, 6.45) is 0. The Labute approximate surface area is 152 Å². The predicted molar refractivity (Wildman–Crippen MR) is 104 cm³/mol. The van der Waals surface area contributed by atoms with Crippen molar-refractivity contribution < 1.29 is 4.74 Å². The highest BCUT2D eigenvalue weighted by molar-refractivity contribution is 5.67. The van der Waals surface area contributed by atoms with E-state index in [1.54, 1.807) is 7.11 Å². The van der Waals surface area contributed by atoms with E-state index in [9.17, 15) is 0 Å². The van der Waals surface area contributed by atoms with Gasteiger partial charge in [0.15, 0.2) is 11.6 Å². The lowest BCUT2D eigenvalue weighted by Crippen LogP contribution is -2.00. The average molecular weight is 341 g/mol. The van der Waals surface area contributed by atoms with Crippen LogP contribution in [-0.2, 0) is 0 Å². The molecule has 3 aromatic carbocycles. The van der Waals surface area contributed by atoms with Crippen molar-refractivity contribution in [1.29, 1.82) is 0 Å². The van der Waals surface area contributed by atoms with Crippen LogP contribution in [0.2, 0.25) is 0 Å². The summed E-state index contributed by atoms with van der Waals surface area (Å²) in [6.45, 7) is 2.08. The van der Waals surface area contributed by atoms with Crippen LogP contribution in [0.3, 0.4) is 0 Å². The second kappa shape index (κ2) is 6.84. The molecule has 0 unspecified atom stereocenters. The van der Waals surface area contributed by atoms with E-state index in [4.69, 9.17) is 4.74 Å². The highest BCUT2D eigenvalue weighted by atomic mass is 16.5. The molecule has 0 fully saturated rings. The number of benzene rings is 3. The smallest absolute Gasteiger partial charge is 0.168 e. The van der Waals surface area contributed by atoms with Gasteiger partial charge in [0.2, 0.25) is 0 Å². The number of hydrogen-bond donors (Lipinski definition) is 0. The standard InChI is InChI=1S/C22H19N3O/c1-16-8-10-17(11-9-16)21-23-24-22(18-12-14-20(26-2)15-13-18)25(21)19-6-4-3-5-7-19/h3-15H,1-2H3. The van der Waals surface area contributed by atoms with Crippen molar-refractivity contribution in [2.75, 3.05) is 7.11 Å². The largest absolute Gasteiger partial charge is 0.497 e. The van der Waals surface area contributed by atoms with Crippen LogP contribution < -0.4 is 4.74 Å². The molecular weight excluding hydrogens is 322 g/mol. The summed E-state index contributed by atoms with van der Waals surface area (Å²) in [6, 6.07) is 26.4. The number of ether oxygens (including phenoxy) is 1. The van der Waals surface area contributed by atoms with Crippen LogP contribution >= 0.6 is 0 Å². The minimum Gasteiger partial charge on any atom is -0.497 e. The molecule has 0 aliphatic heterocycles. The molecule has 0 bridgehead atoms. The first kappa shape index (κ1) is 16.1. The lowest BCUT2D eigenvalue weighted by molar-refractivity contribution is 0.415. The van der Waals surface area contributed by atoms with Gasteiger partial charge >= 0.3 is 0 Å². The van der Waals surface area contributed by atoms with Crippen LogP contribution in [0, 0.1) is 6.92 Å². The molecule has 4 aromatic rings. The van der Waals surface area contributed by atoms with Crippen LogP contribution in [0.4, 0.5) is 0 Å². The van der Waals surface area contributed by atoms with Gasteiger partial charge < -0.3 is 4.74 Å². The van der Waals surface area contributed by atoms with Crippen LogP contribution in [0.15, 0.2) is 78.9 Å². The predicted octanol–water partition coefficient (Wildman–Crippen LogP) is 4.92. The van der Waals surface area contributed by atoms with Crippen LogP contribution in [0.25, 0.3) is 28.5 Å². The first-order valence-electron chi connectivity index (χ1n) is 8.48. The Kier molecular flexibility index (Phi) is 4.23. The van der Waals surface area contributed by atoms with Gasteiger partial charge in [-0.1, -0.05) is 48.0 Å². The third-order valence-corrected chi connectivity index (χ3v) is 4.34. The maximum Gasteiger partial charge on any atom is 0.168 e. The number of hydrogen-bond acceptors (Lipinski definition) is 3. The van der Waals surface area contributed by atoms with E-state index in [2.05, 4.69) is 58.1 Å². The maximum atomic E-state index is 5.26. The molecule has 0 radical (unpaired) electrons. The topological polar surface area (TPSA) is 39.9 Å². The summed E-state index contributed by atoms with van der Waals surface area (Å²) in [7, 11) is 1.66. The average Bonchev–Trinajstić information content (AvgIpc) is 3.14. The molecule has 4 rings (SSSR count). The Hall–Kier alpha value is -3.40. The lowest BCUT2D eigenvalue weighted by Gasteiger charge is -2.11. The van der Waals surface area contributed by atoms with E-state index < -0.39 is 0 Å². The second-order valence-corrected chi connectivity index (χ2v) is 6.11. The Morgan fingerprint density at radius 2 is 1.23 bits per heavy atom. The van der Waals surface area contributed by atoms with Gasteiger partial charge in [0.1, 0.15) is 5.75 Å². The third-order valence-electron chi connectivity index (χ3n) is 4.34. The Bertz CT molecular complexity index is 1000. The first-order chi connectivity index (χ1) is 12.8. The summed E-state index contributed by atoms with van der Waals surface area (Å²) in [5, 5.41) is 8.98. The summed E-state index contributed by atoms with van der Waals surface area (Å²) in [5.41, 5.74) is 4.26. The molecule has 0 saturated carbocycles. The van der Waals surface area contributed by atoms with Crippen LogP contribution in [0.1, 0.15) is 5.56 Å². The zero-order chi connectivity index (χ0) is 17.9. The van der Waals surface area contributed by atoms with E-state index >= 15 is 0 Å². The van der Waals surface area contributed by atoms with Gasteiger partial charge in [-0.25, -0.2) is 0 Å². The normalized spacial score (nSPS) is 10.7. The number of rotatable bonds is 4.